The van der Waals surface area contributed by atoms with E-state index in [2.05, 4.69) is 5.32 Å². The third kappa shape index (κ3) is 4.70. The molecule has 0 saturated carbocycles. The summed E-state index contributed by atoms with van der Waals surface area (Å²) in [6, 6.07) is 12.0. The lowest BCUT2D eigenvalue weighted by Crippen LogP contribution is -2.33. The molecule has 0 spiro atoms. The zero-order valence-corrected chi connectivity index (χ0v) is 12.1. The molecule has 6 nitrogen and oxygen atoms in total. The van der Waals surface area contributed by atoms with Crippen molar-refractivity contribution in [2.75, 3.05) is 11.9 Å². The first-order valence-corrected chi connectivity index (χ1v) is 6.72. The normalized spacial score (nSPS) is 11.0. The number of rotatable bonds is 5. The van der Waals surface area contributed by atoms with Gasteiger partial charge >= 0.3 is 6.18 Å². The van der Waals surface area contributed by atoms with Gasteiger partial charge in [-0.3, -0.25) is 14.9 Å². The van der Waals surface area contributed by atoms with Gasteiger partial charge in [-0.05, 0) is 24.3 Å². The number of halogens is 3. The predicted molar refractivity (Wildman–Crippen MR) is 81.2 cm³/mol. The second-order valence-corrected chi connectivity index (χ2v) is 4.78. The van der Waals surface area contributed by atoms with E-state index in [9.17, 15) is 28.1 Å². The highest BCUT2D eigenvalue weighted by molar-refractivity contribution is 5.96. The zero-order chi connectivity index (χ0) is 17.7. The van der Waals surface area contributed by atoms with Gasteiger partial charge in [0.25, 0.3) is 11.6 Å². The molecule has 0 bridgehead atoms. The minimum absolute atomic E-state index is 0.124. The average molecular weight is 339 g/mol. The van der Waals surface area contributed by atoms with Crippen molar-refractivity contribution in [1.29, 1.82) is 0 Å². The number of nitro benzene ring substituents is 1. The molecule has 126 valence electrons. The lowest BCUT2D eigenvalue weighted by Gasteiger charge is -2.10. The van der Waals surface area contributed by atoms with Gasteiger partial charge in [0.1, 0.15) is 12.2 Å². The Labute approximate surface area is 134 Å². The van der Waals surface area contributed by atoms with E-state index in [-0.39, 0.29) is 11.3 Å². The number of nitro groups is 1. The number of alkyl halides is 3. The smallest absolute Gasteiger partial charge is 0.350 e. The summed E-state index contributed by atoms with van der Waals surface area (Å²) in [5, 5.41) is 15.6. The highest BCUT2D eigenvalue weighted by atomic mass is 19.4. The number of amides is 1. The van der Waals surface area contributed by atoms with E-state index in [4.69, 9.17) is 0 Å². The maximum absolute atomic E-state index is 12.1. The predicted octanol–water partition coefficient (Wildman–Crippen LogP) is 3.63. The van der Waals surface area contributed by atoms with Gasteiger partial charge in [-0.2, -0.15) is 13.2 Å². The van der Waals surface area contributed by atoms with Crippen LogP contribution in [0.2, 0.25) is 0 Å². The number of carbonyl (C=O) groups is 1. The van der Waals surface area contributed by atoms with Crippen molar-refractivity contribution < 1.29 is 22.9 Å². The van der Waals surface area contributed by atoms with Gasteiger partial charge in [-0.15, -0.1) is 0 Å². The van der Waals surface area contributed by atoms with Gasteiger partial charge in [0.2, 0.25) is 0 Å². The third-order valence-electron chi connectivity index (χ3n) is 2.96. The van der Waals surface area contributed by atoms with Crippen molar-refractivity contribution in [3.05, 3.63) is 64.2 Å². The maximum Gasteiger partial charge on any atom is 0.405 e. The molecule has 0 unspecified atom stereocenters. The number of nitrogens with zero attached hydrogens (tertiary/aromatic N) is 1. The van der Waals surface area contributed by atoms with E-state index in [0.717, 1.165) is 6.07 Å². The van der Waals surface area contributed by atoms with Gasteiger partial charge < -0.3 is 10.6 Å². The number of hydrogen-bond acceptors (Lipinski definition) is 4. The second kappa shape index (κ2) is 6.99. The zero-order valence-electron chi connectivity index (χ0n) is 12.1. The van der Waals surface area contributed by atoms with Crippen LogP contribution in [0.5, 0.6) is 0 Å². The first-order valence-electron chi connectivity index (χ1n) is 6.72. The first-order chi connectivity index (χ1) is 11.3. The highest BCUT2D eigenvalue weighted by Crippen LogP contribution is 2.28. The lowest BCUT2D eigenvalue weighted by molar-refractivity contribution is -0.383. The van der Waals surface area contributed by atoms with Crippen LogP contribution in [0.4, 0.5) is 30.2 Å². The van der Waals surface area contributed by atoms with Gasteiger partial charge in [-0.1, -0.05) is 18.2 Å². The largest absolute Gasteiger partial charge is 0.405 e. The van der Waals surface area contributed by atoms with Crippen LogP contribution in [0.25, 0.3) is 0 Å². The Morgan fingerprint density at radius 2 is 1.79 bits per heavy atom. The molecule has 0 aromatic heterocycles. The standard InChI is InChI=1S/C15H12F3N3O3/c16-15(17,18)9-19-14(22)10-6-7-12(13(8-10)21(23)24)20-11-4-2-1-3-5-11/h1-8,20H,9H2,(H,19,22). The fourth-order valence-electron chi connectivity index (χ4n) is 1.89. The summed E-state index contributed by atoms with van der Waals surface area (Å²) in [5.74, 6) is -1.04. The molecule has 0 atom stereocenters. The van der Waals surface area contributed by atoms with Gasteiger partial charge in [0.15, 0.2) is 0 Å². The van der Waals surface area contributed by atoms with E-state index in [1.54, 1.807) is 35.6 Å². The Morgan fingerprint density at radius 3 is 2.38 bits per heavy atom. The van der Waals surface area contributed by atoms with Crippen LogP contribution in [0, 0.1) is 10.1 Å². The van der Waals surface area contributed by atoms with Crippen LogP contribution in [0.3, 0.4) is 0 Å². The molecule has 0 radical (unpaired) electrons. The minimum atomic E-state index is -4.56. The van der Waals surface area contributed by atoms with Crippen molar-refractivity contribution in [3.63, 3.8) is 0 Å². The molecule has 0 aliphatic rings. The third-order valence-corrected chi connectivity index (χ3v) is 2.96. The summed E-state index contributed by atoms with van der Waals surface area (Å²) < 4.78 is 36.3. The Morgan fingerprint density at radius 1 is 1.12 bits per heavy atom. The summed E-state index contributed by atoms with van der Waals surface area (Å²) >= 11 is 0. The van der Waals surface area contributed by atoms with Crippen molar-refractivity contribution >= 4 is 23.0 Å². The molecule has 1 amide bonds. The quantitative estimate of drug-likeness (QED) is 0.643. The number of hydrogen-bond donors (Lipinski definition) is 2. The number of para-hydroxylation sites is 1. The molecule has 2 rings (SSSR count). The molecule has 2 aromatic rings. The van der Waals surface area contributed by atoms with Gasteiger partial charge in [0, 0.05) is 17.3 Å². The molecule has 0 heterocycles. The second-order valence-electron chi connectivity index (χ2n) is 4.78. The van der Waals surface area contributed by atoms with E-state index in [1.807, 2.05) is 0 Å². The summed E-state index contributed by atoms with van der Waals surface area (Å²) in [6.07, 6.45) is -4.56. The Balaban J connectivity index is 2.23. The molecule has 0 aliphatic carbocycles. The molecule has 24 heavy (non-hydrogen) atoms. The first kappa shape index (κ1) is 17.3. The fraction of sp³-hybridized carbons (Fsp3) is 0.133. The Kier molecular flexibility index (Phi) is 5.02. The molecule has 2 N–H and O–H groups in total. The molecule has 0 saturated heterocycles. The summed E-state index contributed by atoms with van der Waals surface area (Å²) in [7, 11) is 0. The topological polar surface area (TPSA) is 84.3 Å². The van der Waals surface area contributed by atoms with E-state index in [1.165, 1.54) is 12.1 Å². The Hall–Kier alpha value is -3.10. The molecular formula is C15H12F3N3O3. The molecule has 0 fully saturated rings. The molecule has 9 heteroatoms. The summed E-state index contributed by atoms with van der Waals surface area (Å²) in [5.41, 5.74) is 0.0662. The van der Waals surface area contributed by atoms with Crippen LogP contribution in [0.15, 0.2) is 48.5 Å². The molecule has 2 aromatic carbocycles. The van der Waals surface area contributed by atoms with Crippen LogP contribution in [-0.2, 0) is 0 Å². The van der Waals surface area contributed by atoms with Crippen LogP contribution in [0.1, 0.15) is 10.4 Å². The van der Waals surface area contributed by atoms with Crippen LogP contribution >= 0.6 is 0 Å². The van der Waals surface area contributed by atoms with Crippen molar-refractivity contribution in [1.82, 2.24) is 5.32 Å². The van der Waals surface area contributed by atoms with Gasteiger partial charge in [-0.25, -0.2) is 0 Å². The number of benzene rings is 2. The van der Waals surface area contributed by atoms with Crippen molar-refractivity contribution in [2.45, 2.75) is 6.18 Å². The molecule has 0 aliphatic heterocycles. The van der Waals surface area contributed by atoms with Crippen molar-refractivity contribution in [2.24, 2.45) is 0 Å². The van der Waals surface area contributed by atoms with Gasteiger partial charge in [0.05, 0.1) is 4.92 Å². The maximum atomic E-state index is 12.1. The van der Waals surface area contributed by atoms with Crippen LogP contribution < -0.4 is 10.6 Å². The van der Waals surface area contributed by atoms with Crippen LogP contribution in [-0.4, -0.2) is 23.6 Å². The average Bonchev–Trinajstić information content (AvgIpc) is 2.53. The van der Waals surface area contributed by atoms with E-state index in [0.29, 0.717) is 5.69 Å². The fourth-order valence-corrected chi connectivity index (χ4v) is 1.89. The number of anilines is 2. The Bertz CT molecular complexity index is 749. The summed E-state index contributed by atoms with van der Waals surface area (Å²) in [4.78, 5) is 22.1. The molecular weight excluding hydrogens is 327 g/mol. The minimum Gasteiger partial charge on any atom is -0.350 e. The monoisotopic (exact) mass is 339 g/mol. The van der Waals surface area contributed by atoms with E-state index >= 15 is 0 Å². The lowest BCUT2D eigenvalue weighted by atomic mass is 10.1. The SMILES string of the molecule is O=C(NCC(F)(F)F)c1ccc(Nc2ccccc2)c([N+](=O)[O-])c1. The highest BCUT2D eigenvalue weighted by Gasteiger charge is 2.28. The van der Waals surface area contributed by atoms with Crippen molar-refractivity contribution in [3.8, 4) is 0 Å². The van der Waals surface area contributed by atoms with E-state index < -0.39 is 29.2 Å². The summed E-state index contributed by atoms with van der Waals surface area (Å²) in [6.45, 7) is -1.51. The number of nitrogens with one attached hydrogen (secondary N) is 2. The number of carbonyl (C=O) groups excluding carboxylic acids is 1.